The van der Waals surface area contributed by atoms with E-state index in [4.69, 9.17) is 4.74 Å². The van der Waals surface area contributed by atoms with E-state index in [1.165, 1.54) is 17.3 Å². The first-order chi connectivity index (χ1) is 10.3. The van der Waals surface area contributed by atoms with E-state index in [2.05, 4.69) is 15.4 Å². The number of amides is 1. The minimum atomic E-state index is -1.33. The van der Waals surface area contributed by atoms with Gasteiger partial charge < -0.3 is 15.2 Å². The first-order valence-corrected chi connectivity index (χ1v) is 7.27. The molecule has 22 heavy (non-hydrogen) atoms. The average Bonchev–Trinajstić information content (AvgIpc) is 2.98. The second kappa shape index (κ2) is 5.68. The standard InChI is InChI=1S/C14H22N4O4/c1-5-22-10-6-14(12(20)21,13(10,3)4)17-11(19)9(2)18-8-15-7-16-18/h7-10H,5-6H2,1-4H3,(H,17,19)(H,20,21). The van der Waals surface area contributed by atoms with Crippen molar-refractivity contribution < 1.29 is 19.4 Å². The molecule has 122 valence electrons. The number of ether oxygens (including phenoxy) is 1. The van der Waals surface area contributed by atoms with Gasteiger partial charge in [0, 0.05) is 18.4 Å². The summed E-state index contributed by atoms with van der Waals surface area (Å²) in [4.78, 5) is 28.0. The minimum Gasteiger partial charge on any atom is -0.479 e. The van der Waals surface area contributed by atoms with E-state index < -0.39 is 28.9 Å². The Morgan fingerprint density at radius 1 is 1.55 bits per heavy atom. The van der Waals surface area contributed by atoms with Gasteiger partial charge in [0.25, 0.3) is 0 Å². The maximum Gasteiger partial charge on any atom is 0.330 e. The average molecular weight is 310 g/mol. The summed E-state index contributed by atoms with van der Waals surface area (Å²) in [5, 5.41) is 16.3. The molecule has 3 unspecified atom stereocenters. The van der Waals surface area contributed by atoms with Crippen molar-refractivity contribution in [2.45, 2.75) is 51.8 Å². The molecule has 3 atom stereocenters. The maximum atomic E-state index is 12.4. The van der Waals surface area contributed by atoms with Crippen molar-refractivity contribution in [3.63, 3.8) is 0 Å². The molecule has 1 aromatic rings. The van der Waals surface area contributed by atoms with Gasteiger partial charge in [0.05, 0.1) is 6.10 Å². The highest BCUT2D eigenvalue weighted by molar-refractivity contribution is 5.90. The smallest absolute Gasteiger partial charge is 0.330 e. The van der Waals surface area contributed by atoms with E-state index in [-0.39, 0.29) is 12.5 Å². The van der Waals surface area contributed by atoms with Gasteiger partial charge in [-0.3, -0.25) is 4.79 Å². The van der Waals surface area contributed by atoms with E-state index in [1.807, 2.05) is 6.92 Å². The summed E-state index contributed by atoms with van der Waals surface area (Å²) in [7, 11) is 0. The van der Waals surface area contributed by atoms with E-state index in [0.29, 0.717) is 6.61 Å². The van der Waals surface area contributed by atoms with E-state index in [0.717, 1.165) is 0 Å². The summed E-state index contributed by atoms with van der Waals surface area (Å²) < 4.78 is 6.96. The molecule has 2 rings (SSSR count). The molecule has 0 aromatic carbocycles. The van der Waals surface area contributed by atoms with Crippen LogP contribution in [-0.4, -0.2) is 50.0 Å². The third-order valence-corrected chi connectivity index (χ3v) is 4.68. The van der Waals surface area contributed by atoms with Crippen LogP contribution in [0.5, 0.6) is 0 Å². The van der Waals surface area contributed by atoms with Gasteiger partial charge in [-0.1, -0.05) is 13.8 Å². The zero-order chi connectivity index (χ0) is 16.5. The Morgan fingerprint density at radius 2 is 2.23 bits per heavy atom. The Balaban J connectivity index is 2.17. The molecule has 0 aliphatic heterocycles. The van der Waals surface area contributed by atoms with Gasteiger partial charge in [0.15, 0.2) is 0 Å². The van der Waals surface area contributed by atoms with Crippen molar-refractivity contribution in [2.75, 3.05) is 6.61 Å². The normalized spacial score (nSPS) is 27.7. The third kappa shape index (κ3) is 2.37. The lowest BCUT2D eigenvalue weighted by Crippen LogP contribution is -2.76. The summed E-state index contributed by atoms with van der Waals surface area (Å²) in [5.41, 5.74) is -2.04. The molecule has 8 heteroatoms. The second-order valence-electron chi connectivity index (χ2n) is 6.12. The molecule has 1 saturated carbocycles. The van der Waals surface area contributed by atoms with Gasteiger partial charge in [-0.2, -0.15) is 5.10 Å². The summed E-state index contributed by atoms with van der Waals surface area (Å²) in [6, 6.07) is -0.638. The predicted octanol–water partition coefficient (Wildman–Crippen LogP) is 0.614. The summed E-state index contributed by atoms with van der Waals surface area (Å²) in [6.45, 7) is 7.61. The molecule has 1 aromatic heterocycles. The Kier molecular flexibility index (Phi) is 4.23. The zero-order valence-corrected chi connectivity index (χ0v) is 13.2. The second-order valence-corrected chi connectivity index (χ2v) is 6.12. The van der Waals surface area contributed by atoms with E-state index in [1.54, 1.807) is 20.8 Å². The largest absolute Gasteiger partial charge is 0.479 e. The molecule has 0 radical (unpaired) electrons. The predicted molar refractivity (Wildman–Crippen MR) is 77.1 cm³/mol. The van der Waals surface area contributed by atoms with Gasteiger partial charge in [0.2, 0.25) is 5.91 Å². The van der Waals surface area contributed by atoms with Crippen LogP contribution in [-0.2, 0) is 14.3 Å². The van der Waals surface area contributed by atoms with Crippen LogP contribution in [0.1, 0.15) is 40.2 Å². The number of rotatable bonds is 6. The number of nitrogens with one attached hydrogen (secondary N) is 1. The molecule has 1 aliphatic rings. The number of carboxylic acid groups (broad SMARTS) is 1. The molecule has 0 saturated heterocycles. The number of carbonyl (C=O) groups excluding carboxylic acids is 1. The van der Waals surface area contributed by atoms with Crippen molar-refractivity contribution in [2.24, 2.45) is 5.41 Å². The SMILES string of the molecule is CCOC1CC(NC(=O)C(C)n2cncn2)(C(=O)O)C1(C)C. The highest BCUT2D eigenvalue weighted by atomic mass is 16.5. The van der Waals surface area contributed by atoms with Crippen LogP contribution in [0.25, 0.3) is 0 Å². The van der Waals surface area contributed by atoms with Crippen LogP contribution in [0.4, 0.5) is 0 Å². The van der Waals surface area contributed by atoms with Crippen molar-refractivity contribution >= 4 is 11.9 Å². The summed E-state index contributed by atoms with van der Waals surface area (Å²) in [5.74, 6) is -1.46. The lowest BCUT2D eigenvalue weighted by Gasteiger charge is -2.58. The zero-order valence-electron chi connectivity index (χ0n) is 13.2. The van der Waals surface area contributed by atoms with Crippen LogP contribution in [0.3, 0.4) is 0 Å². The van der Waals surface area contributed by atoms with Crippen LogP contribution in [0.2, 0.25) is 0 Å². The lowest BCUT2D eigenvalue weighted by atomic mass is 9.54. The topological polar surface area (TPSA) is 106 Å². The number of hydrogen-bond donors (Lipinski definition) is 2. The van der Waals surface area contributed by atoms with Crippen LogP contribution < -0.4 is 5.32 Å². The molecule has 0 spiro atoms. The Hall–Kier alpha value is -1.96. The van der Waals surface area contributed by atoms with E-state index in [9.17, 15) is 14.7 Å². The van der Waals surface area contributed by atoms with Gasteiger partial charge >= 0.3 is 5.97 Å². The number of nitrogens with zero attached hydrogens (tertiary/aromatic N) is 3. The number of aliphatic carboxylic acids is 1. The fraction of sp³-hybridized carbons (Fsp3) is 0.714. The molecular formula is C14H22N4O4. The number of carboxylic acids is 1. The van der Waals surface area contributed by atoms with Crippen LogP contribution in [0, 0.1) is 5.41 Å². The van der Waals surface area contributed by atoms with Gasteiger partial charge in [0.1, 0.15) is 24.2 Å². The molecule has 1 fully saturated rings. The first-order valence-electron chi connectivity index (χ1n) is 7.27. The van der Waals surface area contributed by atoms with Crippen molar-refractivity contribution in [3.8, 4) is 0 Å². The van der Waals surface area contributed by atoms with Crippen molar-refractivity contribution in [1.29, 1.82) is 0 Å². The molecule has 2 N–H and O–H groups in total. The highest BCUT2D eigenvalue weighted by Crippen LogP contribution is 2.51. The lowest BCUT2D eigenvalue weighted by molar-refractivity contribution is -0.195. The van der Waals surface area contributed by atoms with Crippen molar-refractivity contribution in [3.05, 3.63) is 12.7 Å². The maximum absolute atomic E-state index is 12.4. The fourth-order valence-electron chi connectivity index (χ4n) is 2.89. The monoisotopic (exact) mass is 310 g/mol. The molecule has 1 amide bonds. The first kappa shape index (κ1) is 16.4. The van der Waals surface area contributed by atoms with Gasteiger partial charge in [-0.05, 0) is 13.8 Å². The summed E-state index contributed by atoms with van der Waals surface area (Å²) >= 11 is 0. The number of aromatic nitrogens is 3. The van der Waals surface area contributed by atoms with Crippen LogP contribution >= 0.6 is 0 Å². The van der Waals surface area contributed by atoms with Crippen LogP contribution in [0.15, 0.2) is 12.7 Å². The summed E-state index contributed by atoms with van der Waals surface area (Å²) in [6.07, 6.45) is 2.80. The Labute approximate surface area is 128 Å². The quantitative estimate of drug-likeness (QED) is 0.797. The molecule has 1 aliphatic carbocycles. The Bertz CT molecular complexity index is 557. The minimum absolute atomic E-state index is 0.199. The number of carbonyl (C=O) groups is 2. The molecule has 8 nitrogen and oxygen atoms in total. The number of hydrogen-bond acceptors (Lipinski definition) is 5. The van der Waals surface area contributed by atoms with Gasteiger partial charge in [-0.25, -0.2) is 14.5 Å². The Morgan fingerprint density at radius 3 is 2.68 bits per heavy atom. The molecule has 1 heterocycles. The van der Waals surface area contributed by atoms with Gasteiger partial charge in [-0.15, -0.1) is 0 Å². The van der Waals surface area contributed by atoms with Crippen molar-refractivity contribution in [1.82, 2.24) is 20.1 Å². The fourth-order valence-corrected chi connectivity index (χ4v) is 2.89. The third-order valence-electron chi connectivity index (χ3n) is 4.68. The van der Waals surface area contributed by atoms with E-state index >= 15 is 0 Å². The molecule has 0 bridgehead atoms. The molecular weight excluding hydrogens is 288 g/mol. The highest BCUT2D eigenvalue weighted by Gasteiger charge is 2.66.